The third-order valence-electron chi connectivity index (χ3n) is 2.49. The van der Waals surface area contributed by atoms with Crippen molar-refractivity contribution in [3.05, 3.63) is 0 Å². The minimum absolute atomic E-state index is 0.662. The highest BCUT2D eigenvalue weighted by Crippen LogP contribution is 2.03. The third-order valence-corrected chi connectivity index (χ3v) is 2.49. The number of unbranched alkanes of at least 4 members (excludes halogenated alkanes) is 2. The van der Waals surface area contributed by atoms with Gasteiger partial charge in [0.2, 0.25) is 0 Å². The second-order valence-corrected chi connectivity index (χ2v) is 4.12. The number of hydrogen-bond acceptors (Lipinski definition) is 7. The van der Waals surface area contributed by atoms with Gasteiger partial charge in [-0.1, -0.05) is 19.8 Å². The number of nitrogens with zero attached hydrogens (tertiary/aromatic N) is 1. The molecule has 108 valence electrons. The molecule has 0 aliphatic carbocycles. The predicted molar refractivity (Wildman–Crippen MR) is 67.1 cm³/mol. The van der Waals surface area contributed by atoms with Crippen LogP contribution >= 0.6 is 0 Å². The Kier molecular flexibility index (Phi) is 9.80. The fourth-order valence-electron chi connectivity index (χ4n) is 1.27. The van der Waals surface area contributed by atoms with Crippen LogP contribution in [-0.4, -0.2) is 69.3 Å². The highest BCUT2D eigenvalue weighted by molar-refractivity contribution is 5.63. The van der Waals surface area contributed by atoms with Crippen molar-refractivity contribution in [1.82, 2.24) is 5.43 Å². The molecular formula is C11H24N2O5. The molecule has 0 saturated carbocycles. The molecule has 7 nitrogen and oxygen atoms in total. The first-order chi connectivity index (χ1) is 8.54. The van der Waals surface area contributed by atoms with Gasteiger partial charge in [0.25, 0.3) is 0 Å². The molecule has 0 radical (unpaired) electrons. The maximum absolute atomic E-state index is 9.44. The molecular weight excluding hydrogens is 240 g/mol. The van der Waals surface area contributed by atoms with Crippen molar-refractivity contribution in [3.8, 4) is 0 Å². The van der Waals surface area contributed by atoms with E-state index < -0.39 is 31.0 Å². The van der Waals surface area contributed by atoms with Crippen molar-refractivity contribution < 1.29 is 25.5 Å². The lowest BCUT2D eigenvalue weighted by Crippen LogP contribution is -2.46. The zero-order chi connectivity index (χ0) is 14.0. The van der Waals surface area contributed by atoms with Gasteiger partial charge in [-0.25, -0.2) is 0 Å². The SMILES string of the molecule is CCCCCNN=C[C@@H](O)[C@@H](O)[C@H](O)[C@H](O)CO. The molecule has 0 amide bonds. The van der Waals surface area contributed by atoms with Crippen LogP contribution < -0.4 is 5.43 Å². The monoisotopic (exact) mass is 264 g/mol. The first-order valence-corrected chi connectivity index (χ1v) is 6.13. The van der Waals surface area contributed by atoms with E-state index in [2.05, 4.69) is 17.5 Å². The summed E-state index contributed by atoms with van der Waals surface area (Å²) < 4.78 is 0. The Bertz CT molecular complexity index is 227. The lowest BCUT2D eigenvalue weighted by atomic mass is 10.0. The number of hydrogen-bond donors (Lipinski definition) is 6. The summed E-state index contributed by atoms with van der Waals surface area (Å²) in [4.78, 5) is 0. The number of nitrogens with one attached hydrogen (secondary N) is 1. The van der Waals surface area contributed by atoms with Crippen LogP contribution in [-0.2, 0) is 0 Å². The lowest BCUT2D eigenvalue weighted by Gasteiger charge is -2.23. The van der Waals surface area contributed by atoms with E-state index in [0.29, 0.717) is 6.54 Å². The van der Waals surface area contributed by atoms with Crippen molar-refractivity contribution in [1.29, 1.82) is 0 Å². The highest BCUT2D eigenvalue weighted by Gasteiger charge is 2.28. The fraction of sp³-hybridized carbons (Fsp3) is 0.909. The van der Waals surface area contributed by atoms with E-state index in [1.54, 1.807) is 0 Å². The molecule has 0 aromatic carbocycles. The first kappa shape index (κ1) is 17.3. The number of hydrazone groups is 1. The molecule has 0 spiro atoms. The van der Waals surface area contributed by atoms with Crippen LogP contribution in [0.1, 0.15) is 26.2 Å². The maximum atomic E-state index is 9.44. The van der Waals surface area contributed by atoms with Crippen LogP contribution in [0, 0.1) is 0 Å². The van der Waals surface area contributed by atoms with E-state index in [9.17, 15) is 15.3 Å². The Balaban J connectivity index is 3.92. The predicted octanol–water partition coefficient (Wildman–Crippen LogP) is -1.81. The third kappa shape index (κ3) is 6.87. The number of rotatable bonds is 10. The van der Waals surface area contributed by atoms with Gasteiger partial charge in [0, 0.05) is 6.54 Å². The zero-order valence-corrected chi connectivity index (χ0v) is 10.6. The van der Waals surface area contributed by atoms with Crippen LogP contribution in [0.3, 0.4) is 0 Å². The maximum Gasteiger partial charge on any atom is 0.119 e. The quantitative estimate of drug-likeness (QED) is 0.157. The van der Waals surface area contributed by atoms with E-state index in [0.717, 1.165) is 25.5 Å². The van der Waals surface area contributed by atoms with Crippen molar-refractivity contribution in [2.45, 2.75) is 50.6 Å². The molecule has 0 heterocycles. The highest BCUT2D eigenvalue weighted by atomic mass is 16.4. The van der Waals surface area contributed by atoms with Gasteiger partial charge < -0.3 is 31.0 Å². The van der Waals surface area contributed by atoms with Crippen LogP contribution in [0.5, 0.6) is 0 Å². The standard InChI is InChI=1S/C11H24N2O5/c1-2-3-4-5-12-13-6-8(15)10(17)11(18)9(16)7-14/h6,8-12,14-18H,2-5,7H2,1H3/t8-,9-,10-,11-/m1/s1. The second-order valence-electron chi connectivity index (χ2n) is 4.12. The van der Waals surface area contributed by atoms with Gasteiger partial charge in [-0.15, -0.1) is 0 Å². The molecule has 0 aliphatic heterocycles. The van der Waals surface area contributed by atoms with E-state index in [1.165, 1.54) is 0 Å². The Morgan fingerprint density at radius 1 is 1.11 bits per heavy atom. The summed E-state index contributed by atoms with van der Waals surface area (Å²) in [6.07, 6.45) is -1.97. The minimum atomic E-state index is -1.63. The lowest BCUT2D eigenvalue weighted by molar-refractivity contribution is -0.1000. The summed E-state index contributed by atoms with van der Waals surface area (Å²) in [7, 11) is 0. The number of aliphatic hydroxyl groups is 5. The molecule has 4 atom stereocenters. The van der Waals surface area contributed by atoms with Crippen molar-refractivity contribution in [2.75, 3.05) is 13.2 Å². The van der Waals surface area contributed by atoms with Gasteiger partial charge >= 0.3 is 0 Å². The van der Waals surface area contributed by atoms with Crippen LogP contribution in [0.4, 0.5) is 0 Å². The van der Waals surface area contributed by atoms with Crippen LogP contribution in [0.25, 0.3) is 0 Å². The molecule has 0 aromatic rings. The Labute approximate surface area is 107 Å². The largest absolute Gasteiger partial charge is 0.394 e. The topological polar surface area (TPSA) is 126 Å². The summed E-state index contributed by atoms with van der Waals surface area (Å²) in [5.41, 5.74) is 2.69. The fourth-order valence-corrected chi connectivity index (χ4v) is 1.27. The molecule has 18 heavy (non-hydrogen) atoms. The van der Waals surface area contributed by atoms with Gasteiger partial charge in [-0.3, -0.25) is 0 Å². The van der Waals surface area contributed by atoms with E-state index >= 15 is 0 Å². The average Bonchev–Trinajstić information content (AvgIpc) is 2.39. The summed E-state index contributed by atoms with van der Waals surface area (Å²) in [6.45, 7) is 2.05. The number of aliphatic hydroxyl groups excluding tert-OH is 5. The van der Waals surface area contributed by atoms with E-state index in [-0.39, 0.29) is 0 Å². The summed E-state index contributed by atoms with van der Waals surface area (Å²) in [6, 6.07) is 0. The first-order valence-electron chi connectivity index (χ1n) is 6.13. The molecule has 0 bridgehead atoms. The Morgan fingerprint density at radius 3 is 2.33 bits per heavy atom. The van der Waals surface area contributed by atoms with Gasteiger partial charge in [-0.05, 0) is 6.42 Å². The normalized spacial score (nSPS) is 18.6. The molecule has 0 unspecified atom stereocenters. The van der Waals surface area contributed by atoms with Crippen LogP contribution in [0.2, 0.25) is 0 Å². The molecule has 7 heteroatoms. The van der Waals surface area contributed by atoms with Crippen molar-refractivity contribution in [2.24, 2.45) is 5.10 Å². The molecule has 0 fully saturated rings. The average molecular weight is 264 g/mol. The molecule has 0 aliphatic rings. The van der Waals surface area contributed by atoms with Crippen LogP contribution in [0.15, 0.2) is 5.10 Å². The zero-order valence-electron chi connectivity index (χ0n) is 10.6. The van der Waals surface area contributed by atoms with Crippen molar-refractivity contribution in [3.63, 3.8) is 0 Å². The van der Waals surface area contributed by atoms with Gasteiger partial charge in [0.05, 0.1) is 12.8 Å². The van der Waals surface area contributed by atoms with E-state index in [4.69, 9.17) is 10.2 Å². The molecule has 0 saturated heterocycles. The van der Waals surface area contributed by atoms with Gasteiger partial charge in [0.1, 0.15) is 24.4 Å². The Morgan fingerprint density at radius 2 is 1.78 bits per heavy atom. The summed E-state index contributed by atoms with van der Waals surface area (Å²) in [5.74, 6) is 0. The molecule has 0 rings (SSSR count). The second kappa shape index (κ2) is 10.2. The van der Waals surface area contributed by atoms with Gasteiger partial charge in [-0.2, -0.15) is 5.10 Å². The summed E-state index contributed by atoms with van der Waals surface area (Å²) >= 11 is 0. The van der Waals surface area contributed by atoms with E-state index in [1.807, 2.05) is 0 Å². The minimum Gasteiger partial charge on any atom is -0.394 e. The summed E-state index contributed by atoms with van der Waals surface area (Å²) in [5, 5.41) is 49.6. The smallest absolute Gasteiger partial charge is 0.119 e. The van der Waals surface area contributed by atoms with Gasteiger partial charge in [0.15, 0.2) is 0 Å². The molecule has 6 N–H and O–H groups in total. The van der Waals surface area contributed by atoms with Crippen molar-refractivity contribution >= 4 is 6.21 Å². The Hall–Kier alpha value is -0.730. The molecule has 0 aromatic heterocycles.